The van der Waals surface area contributed by atoms with Gasteiger partial charge in [-0.1, -0.05) is 24.3 Å². The Bertz CT molecular complexity index is 496. The molecule has 2 aromatic rings. The average Bonchev–Trinajstić information content (AvgIpc) is 2.93. The molecular formula is C14H10O3. The molecular weight excluding hydrogens is 216 g/mol. The van der Waals surface area contributed by atoms with Crippen molar-refractivity contribution in [3.63, 3.8) is 0 Å². The fourth-order valence-electron chi connectivity index (χ4n) is 1.47. The molecule has 84 valence electrons. The van der Waals surface area contributed by atoms with E-state index in [9.17, 15) is 9.59 Å². The zero-order valence-electron chi connectivity index (χ0n) is 9.00. The van der Waals surface area contributed by atoms with Gasteiger partial charge < -0.3 is 4.42 Å². The first-order valence-corrected chi connectivity index (χ1v) is 5.12. The summed E-state index contributed by atoms with van der Waals surface area (Å²) in [7, 11) is 0. The van der Waals surface area contributed by atoms with Crippen LogP contribution < -0.4 is 0 Å². The third-order valence-electron chi connectivity index (χ3n) is 2.27. The number of fused-ring (bicyclic) bond motifs is 1. The average molecular weight is 226 g/mol. The van der Waals surface area contributed by atoms with Crippen LogP contribution in [0.5, 0.6) is 0 Å². The van der Waals surface area contributed by atoms with E-state index in [1.165, 1.54) is 12.2 Å². The summed E-state index contributed by atoms with van der Waals surface area (Å²) in [6.45, 7) is 0. The van der Waals surface area contributed by atoms with Gasteiger partial charge in [0.1, 0.15) is 0 Å². The van der Waals surface area contributed by atoms with E-state index in [4.69, 9.17) is 0 Å². The molecule has 3 heteroatoms. The Hall–Kier alpha value is -2.42. The lowest BCUT2D eigenvalue weighted by Gasteiger charge is -2.06. The fraction of sp³-hybridized carbons (Fsp3) is 0. The molecule has 0 unspecified atom stereocenters. The first kappa shape index (κ1) is 11.1. The van der Waals surface area contributed by atoms with Crippen molar-refractivity contribution < 1.29 is 14.0 Å². The summed E-state index contributed by atoms with van der Waals surface area (Å²) in [5.74, 6) is -0.185. The standard InChI is InChI=1S/C10H6O2.C4H4O/c11-9-5-6-10(12)8-4-2-1-3-7(8)9;1-2-4-5-3-1/h1-6H;1-4H. The number of rotatable bonds is 0. The molecule has 0 radical (unpaired) electrons. The van der Waals surface area contributed by atoms with E-state index in [-0.39, 0.29) is 11.6 Å². The van der Waals surface area contributed by atoms with Crippen LogP contribution in [0.25, 0.3) is 0 Å². The summed E-state index contributed by atoms with van der Waals surface area (Å²) >= 11 is 0. The highest BCUT2D eigenvalue weighted by atomic mass is 16.3. The molecule has 1 aliphatic rings. The number of carbonyl (C=O) groups is 2. The van der Waals surface area contributed by atoms with Crippen molar-refractivity contribution in [2.75, 3.05) is 0 Å². The highest BCUT2D eigenvalue weighted by Gasteiger charge is 2.16. The molecule has 3 rings (SSSR count). The highest BCUT2D eigenvalue weighted by molar-refractivity contribution is 6.21. The van der Waals surface area contributed by atoms with Gasteiger partial charge in [0.05, 0.1) is 12.5 Å². The maximum Gasteiger partial charge on any atom is 0.186 e. The Balaban J connectivity index is 0.000000181. The Morgan fingerprint density at radius 2 is 1.18 bits per heavy atom. The number of hydrogen-bond acceptors (Lipinski definition) is 3. The largest absolute Gasteiger partial charge is 0.473 e. The maximum absolute atomic E-state index is 11.2. The van der Waals surface area contributed by atoms with Crippen LogP contribution in [0.15, 0.2) is 65.5 Å². The molecule has 0 atom stereocenters. The summed E-state index contributed by atoms with van der Waals surface area (Å²) in [4.78, 5) is 22.4. The number of allylic oxidation sites excluding steroid dienone is 2. The van der Waals surface area contributed by atoms with Crippen molar-refractivity contribution in [1.29, 1.82) is 0 Å². The number of benzene rings is 1. The molecule has 0 spiro atoms. The lowest BCUT2D eigenvalue weighted by Crippen LogP contribution is -2.10. The normalized spacial score (nSPS) is 12.7. The summed E-state index contributed by atoms with van der Waals surface area (Å²) in [5, 5.41) is 0. The van der Waals surface area contributed by atoms with Crippen molar-refractivity contribution in [2.24, 2.45) is 0 Å². The van der Waals surface area contributed by atoms with Gasteiger partial charge in [0.2, 0.25) is 0 Å². The molecule has 0 aliphatic heterocycles. The summed E-state index contributed by atoms with van der Waals surface area (Å²) in [6, 6.07) is 10.5. The van der Waals surface area contributed by atoms with Crippen molar-refractivity contribution in [3.05, 3.63) is 72.2 Å². The van der Waals surface area contributed by atoms with Crippen LogP contribution in [0.3, 0.4) is 0 Å². The Kier molecular flexibility index (Phi) is 3.31. The van der Waals surface area contributed by atoms with Crippen LogP contribution in [0.2, 0.25) is 0 Å². The summed E-state index contributed by atoms with van der Waals surface area (Å²) in [5.41, 5.74) is 1.01. The lowest BCUT2D eigenvalue weighted by atomic mass is 9.95. The first-order valence-electron chi connectivity index (χ1n) is 5.12. The molecule has 0 N–H and O–H groups in total. The molecule has 17 heavy (non-hydrogen) atoms. The van der Waals surface area contributed by atoms with Crippen LogP contribution in [-0.2, 0) is 0 Å². The second kappa shape index (κ2) is 5.07. The molecule has 0 saturated heterocycles. The van der Waals surface area contributed by atoms with Gasteiger partial charge in [-0.2, -0.15) is 0 Å². The van der Waals surface area contributed by atoms with Crippen LogP contribution in [0.4, 0.5) is 0 Å². The van der Waals surface area contributed by atoms with Crippen LogP contribution in [0.1, 0.15) is 20.7 Å². The maximum atomic E-state index is 11.2. The van der Waals surface area contributed by atoms with Gasteiger partial charge in [0, 0.05) is 11.1 Å². The third-order valence-corrected chi connectivity index (χ3v) is 2.27. The summed E-state index contributed by atoms with van der Waals surface area (Å²) in [6.07, 6.45) is 5.87. The minimum atomic E-state index is -0.0924. The minimum Gasteiger partial charge on any atom is -0.473 e. The molecule has 0 saturated carbocycles. The van der Waals surface area contributed by atoms with Gasteiger partial charge in [0.15, 0.2) is 11.6 Å². The van der Waals surface area contributed by atoms with Gasteiger partial charge >= 0.3 is 0 Å². The van der Waals surface area contributed by atoms with E-state index < -0.39 is 0 Å². The van der Waals surface area contributed by atoms with Crippen LogP contribution in [-0.4, -0.2) is 11.6 Å². The van der Waals surface area contributed by atoms with Gasteiger partial charge in [-0.3, -0.25) is 9.59 Å². The number of carbonyl (C=O) groups excluding carboxylic acids is 2. The zero-order valence-corrected chi connectivity index (χ0v) is 9.00. The van der Waals surface area contributed by atoms with Crippen molar-refractivity contribution >= 4 is 11.6 Å². The van der Waals surface area contributed by atoms with Gasteiger partial charge in [-0.15, -0.1) is 0 Å². The van der Waals surface area contributed by atoms with Crippen molar-refractivity contribution in [2.45, 2.75) is 0 Å². The molecule has 0 bridgehead atoms. The fourth-order valence-corrected chi connectivity index (χ4v) is 1.47. The van der Waals surface area contributed by atoms with Crippen LogP contribution >= 0.6 is 0 Å². The highest BCUT2D eigenvalue weighted by Crippen LogP contribution is 2.15. The van der Waals surface area contributed by atoms with Gasteiger partial charge in [0.25, 0.3) is 0 Å². The van der Waals surface area contributed by atoms with Gasteiger partial charge in [-0.05, 0) is 24.3 Å². The Morgan fingerprint density at radius 3 is 1.53 bits per heavy atom. The van der Waals surface area contributed by atoms with Crippen molar-refractivity contribution in [3.8, 4) is 0 Å². The van der Waals surface area contributed by atoms with Gasteiger partial charge in [-0.25, -0.2) is 0 Å². The second-order valence-corrected chi connectivity index (χ2v) is 3.40. The quantitative estimate of drug-likeness (QED) is 0.693. The Morgan fingerprint density at radius 1 is 0.706 bits per heavy atom. The molecule has 3 nitrogen and oxygen atoms in total. The minimum absolute atomic E-state index is 0.0924. The first-order chi connectivity index (χ1) is 8.29. The van der Waals surface area contributed by atoms with E-state index in [1.54, 1.807) is 36.8 Å². The number of ketones is 2. The van der Waals surface area contributed by atoms with Crippen molar-refractivity contribution in [1.82, 2.24) is 0 Å². The topological polar surface area (TPSA) is 47.3 Å². The van der Waals surface area contributed by atoms with E-state index in [1.807, 2.05) is 12.1 Å². The van der Waals surface area contributed by atoms with E-state index in [0.29, 0.717) is 11.1 Å². The zero-order chi connectivity index (χ0) is 12.1. The van der Waals surface area contributed by atoms with Crippen LogP contribution in [0, 0.1) is 0 Å². The van der Waals surface area contributed by atoms with E-state index in [0.717, 1.165) is 0 Å². The SMILES string of the molecule is O=C1C=CC(=O)c2ccccc21.c1ccoc1. The number of furan rings is 1. The molecule has 0 fully saturated rings. The molecule has 1 aromatic heterocycles. The molecule has 1 aliphatic carbocycles. The second-order valence-electron chi connectivity index (χ2n) is 3.40. The predicted molar refractivity (Wildman–Crippen MR) is 63.0 cm³/mol. The monoisotopic (exact) mass is 226 g/mol. The number of hydrogen-bond donors (Lipinski definition) is 0. The van der Waals surface area contributed by atoms with E-state index in [2.05, 4.69) is 4.42 Å². The predicted octanol–water partition coefficient (Wildman–Crippen LogP) is 2.90. The molecule has 1 aromatic carbocycles. The smallest absolute Gasteiger partial charge is 0.186 e. The van der Waals surface area contributed by atoms with E-state index >= 15 is 0 Å². The Labute approximate surface area is 98.4 Å². The third kappa shape index (κ3) is 2.58. The molecule has 0 amide bonds. The lowest BCUT2D eigenvalue weighted by molar-refractivity contribution is 0.0994. The molecule has 1 heterocycles. The summed E-state index contributed by atoms with van der Waals surface area (Å²) < 4.78 is 4.58.